The molecule has 8 heteroatoms. The molecule has 1 fully saturated rings. The summed E-state index contributed by atoms with van der Waals surface area (Å²) < 4.78 is 3.75. The van der Waals surface area contributed by atoms with Crippen LogP contribution in [0.4, 0.5) is 5.69 Å². The summed E-state index contributed by atoms with van der Waals surface area (Å²) in [6, 6.07) is 7.13. The molecule has 1 saturated heterocycles. The average molecular weight is 399 g/mol. The number of hydrogen-bond acceptors (Lipinski definition) is 5. The Morgan fingerprint density at radius 2 is 1.93 bits per heavy atom. The van der Waals surface area contributed by atoms with E-state index in [1.807, 2.05) is 17.0 Å². The minimum absolute atomic E-state index is 0.0979. The van der Waals surface area contributed by atoms with Gasteiger partial charge in [0.15, 0.2) is 0 Å². The first-order valence-electron chi connectivity index (χ1n) is 10.3. The van der Waals surface area contributed by atoms with Gasteiger partial charge in [0.25, 0.3) is 5.56 Å². The van der Waals surface area contributed by atoms with Gasteiger partial charge in [-0.25, -0.2) is 0 Å². The number of aryl methyl sites for hydroxylation is 1. The van der Waals surface area contributed by atoms with Crippen LogP contribution in [0.15, 0.2) is 41.5 Å². The molecule has 2 aromatic heterocycles. The van der Waals surface area contributed by atoms with E-state index in [0.29, 0.717) is 26.1 Å². The van der Waals surface area contributed by atoms with Gasteiger partial charge in [-0.05, 0) is 49.4 Å². The van der Waals surface area contributed by atoms with Crippen LogP contribution in [0.1, 0.15) is 43.7 Å². The molecule has 8 nitrogen and oxygen atoms in total. The molecular weight excluding hydrogens is 372 g/mol. The van der Waals surface area contributed by atoms with Gasteiger partial charge < -0.3 is 24.5 Å². The smallest absolute Gasteiger partial charge is 0.275 e. The maximum Gasteiger partial charge on any atom is 0.275 e. The SMILES string of the molecule is O=C(CCCCCn1cccc1)N1C[C@H]2C[C@@H](C1)c1ccc(N([O-])O)c(=O)n1C2. The van der Waals surface area contributed by atoms with Crippen molar-refractivity contribution in [3.8, 4) is 0 Å². The number of piperidine rings is 1. The number of pyridine rings is 1. The lowest BCUT2D eigenvalue weighted by molar-refractivity contribution is -0.134. The highest BCUT2D eigenvalue weighted by Gasteiger charge is 2.36. The van der Waals surface area contributed by atoms with Crippen molar-refractivity contribution in [2.75, 3.05) is 18.3 Å². The normalized spacial score (nSPS) is 20.4. The van der Waals surface area contributed by atoms with Gasteiger partial charge in [0, 0.05) is 56.6 Å². The number of amides is 1. The van der Waals surface area contributed by atoms with E-state index in [9.17, 15) is 14.8 Å². The van der Waals surface area contributed by atoms with E-state index in [0.717, 1.165) is 37.9 Å². The molecule has 0 unspecified atom stereocenters. The Morgan fingerprint density at radius 1 is 1.14 bits per heavy atom. The van der Waals surface area contributed by atoms with E-state index in [1.54, 1.807) is 10.6 Å². The number of nitrogens with zero attached hydrogens (tertiary/aromatic N) is 4. The van der Waals surface area contributed by atoms with Crippen molar-refractivity contribution in [3.63, 3.8) is 0 Å². The van der Waals surface area contributed by atoms with Gasteiger partial charge in [0.05, 0.1) is 0 Å². The third-order valence-electron chi connectivity index (χ3n) is 6.12. The first-order chi connectivity index (χ1) is 14.0. The molecule has 1 amide bonds. The van der Waals surface area contributed by atoms with E-state index >= 15 is 0 Å². The molecular formula is C21H27N4O4-. The van der Waals surface area contributed by atoms with Crippen molar-refractivity contribution >= 4 is 11.6 Å². The molecule has 2 aliphatic heterocycles. The van der Waals surface area contributed by atoms with Crippen LogP contribution in [0.5, 0.6) is 0 Å². The molecule has 2 aromatic rings. The zero-order valence-electron chi connectivity index (χ0n) is 16.4. The number of likely N-dealkylation sites (tertiary alicyclic amines) is 1. The summed E-state index contributed by atoms with van der Waals surface area (Å²) in [6.07, 6.45) is 8.59. The van der Waals surface area contributed by atoms with E-state index in [-0.39, 0.29) is 28.7 Å². The highest BCUT2D eigenvalue weighted by atomic mass is 16.8. The second-order valence-electron chi connectivity index (χ2n) is 8.16. The van der Waals surface area contributed by atoms with Crippen molar-refractivity contribution in [3.05, 3.63) is 57.9 Å². The highest BCUT2D eigenvalue weighted by Crippen LogP contribution is 2.35. The second-order valence-corrected chi connectivity index (χ2v) is 8.16. The number of unbranched alkanes of at least 4 members (excludes halogenated alkanes) is 2. The molecule has 0 saturated carbocycles. The van der Waals surface area contributed by atoms with Gasteiger partial charge in [0.1, 0.15) is 5.69 Å². The molecule has 0 radical (unpaired) electrons. The standard InChI is InChI=1S/C21H27N4O4/c26-20(6-2-1-3-9-22-10-4-5-11-22)23-13-16-12-17(15-23)18-7-8-19(25(28)29)21(27)24(18)14-16/h4-5,7-8,10-11,16-17,28H,1-3,6,9,12-15H2/q-1/t16-,17+/m1/s1. The summed E-state index contributed by atoms with van der Waals surface area (Å²) >= 11 is 0. The Kier molecular flexibility index (Phi) is 5.73. The van der Waals surface area contributed by atoms with E-state index in [2.05, 4.69) is 17.0 Å². The van der Waals surface area contributed by atoms with E-state index in [1.165, 1.54) is 6.07 Å². The average Bonchev–Trinajstić information content (AvgIpc) is 3.21. The van der Waals surface area contributed by atoms with Crippen LogP contribution < -0.4 is 10.8 Å². The lowest BCUT2D eigenvalue weighted by atomic mass is 9.83. The second kappa shape index (κ2) is 8.42. The third kappa shape index (κ3) is 4.23. The van der Waals surface area contributed by atoms with Crippen LogP contribution in [0.2, 0.25) is 0 Å². The van der Waals surface area contributed by atoms with Crippen LogP contribution >= 0.6 is 0 Å². The summed E-state index contributed by atoms with van der Waals surface area (Å²) in [7, 11) is 0. The molecule has 2 aliphatic rings. The van der Waals surface area contributed by atoms with Crippen molar-refractivity contribution in [2.45, 2.75) is 51.1 Å². The largest absolute Gasteiger partial charge is 0.733 e. The number of aromatic nitrogens is 2. The van der Waals surface area contributed by atoms with E-state index < -0.39 is 5.56 Å². The van der Waals surface area contributed by atoms with Crippen LogP contribution in [-0.2, 0) is 17.9 Å². The van der Waals surface area contributed by atoms with Crippen molar-refractivity contribution < 1.29 is 10.0 Å². The molecule has 4 heterocycles. The Bertz CT molecular complexity index is 906. The Hall–Kier alpha value is -2.58. The lowest BCUT2D eigenvalue weighted by Gasteiger charge is -2.43. The van der Waals surface area contributed by atoms with Crippen molar-refractivity contribution in [1.82, 2.24) is 14.0 Å². The highest BCUT2D eigenvalue weighted by molar-refractivity contribution is 5.76. The third-order valence-corrected chi connectivity index (χ3v) is 6.12. The Balaban J connectivity index is 1.32. The van der Waals surface area contributed by atoms with Crippen molar-refractivity contribution in [1.29, 1.82) is 0 Å². The molecule has 1 N–H and O–H groups in total. The zero-order chi connectivity index (χ0) is 20.4. The zero-order valence-corrected chi connectivity index (χ0v) is 16.4. The number of carbonyl (C=O) groups is 1. The Labute approximate surface area is 169 Å². The van der Waals surface area contributed by atoms with Crippen LogP contribution in [0, 0.1) is 11.1 Å². The minimum atomic E-state index is -0.461. The maximum absolute atomic E-state index is 12.7. The number of rotatable bonds is 7. The summed E-state index contributed by atoms with van der Waals surface area (Å²) in [6.45, 7) is 2.72. The van der Waals surface area contributed by atoms with Gasteiger partial charge in [-0.15, -0.1) is 0 Å². The molecule has 29 heavy (non-hydrogen) atoms. The van der Waals surface area contributed by atoms with E-state index in [4.69, 9.17) is 5.21 Å². The maximum atomic E-state index is 12.7. The number of hydrogen-bond donors (Lipinski definition) is 1. The van der Waals surface area contributed by atoms with Crippen LogP contribution in [0.25, 0.3) is 0 Å². The number of fused-ring (bicyclic) bond motifs is 4. The number of carbonyl (C=O) groups excluding carboxylic acids is 1. The summed E-state index contributed by atoms with van der Waals surface area (Å²) in [4.78, 5) is 27.1. The van der Waals surface area contributed by atoms with Crippen LogP contribution in [-0.4, -0.2) is 38.2 Å². The fourth-order valence-electron chi connectivity index (χ4n) is 4.71. The molecule has 0 aromatic carbocycles. The van der Waals surface area contributed by atoms with Gasteiger partial charge in [0.2, 0.25) is 5.91 Å². The quantitative estimate of drug-likeness (QED) is 0.570. The van der Waals surface area contributed by atoms with Gasteiger partial charge in [-0.2, -0.15) is 0 Å². The summed E-state index contributed by atoms with van der Waals surface area (Å²) in [5.74, 6) is 0.487. The summed E-state index contributed by atoms with van der Waals surface area (Å²) in [5, 5.41) is 19.9. The minimum Gasteiger partial charge on any atom is -0.733 e. The molecule has 156 valence electrons. The molecule has 0 aliphatic carbocycles. The number of anilines is 1. The monoisotopic (exact) mass is 399 g/mol. The molecule has 2 atom stereocenters. The fourth-order valence-corrected chi connectivity index (χ4v) is 4.71. The first kappa shape index (κ1) is 19.7. The predicted molar refractivity (Wildman–Crippen MR) is 109 cm³/mol. The summed E-state index contributed by atoms with van der Waals surface area (Å²) in [5.41, 5.74) is 0.125. The van der Waals surface area contributed by atoms with Crippen LogP contribution in [0.3, 0.4) is 0 Å². The molecule has 4 rings (SSSR count). The molecule has 0 spiro atoms. The van der Waals surface area contributed by atoms with Gasteiger partial charge in [-0.3, -0.25) is 14.8 Å². The molecule has 2 bridgehead atoms. The van der Waals surface area contributed by atoms with Gasteiger partial charge >= 0.3 is 0 Å². The first-order valence-corrected chi connectivity index (χ1v) is 10.3. The van der Waals surface area contributed by atoms with Gasteiger partial charge in [-0.1, -0.05) is 6.42 Å². The van der Waals surface area contributed by atoms with Crippen molar-refractivity contribution in [2.24, 2.45) is 5.92 Å². The topological polar surface area (TPSA) is 93.8 Å². The fraction of sp³-hybridized carbons (Fsp3) is 0.524. The Morgan fingerprint density at radius 3 is 2.69 bits per heavy atom. The predicted octanol–water partition coefficient (Wildman–Crippen LogP) is 2.55. The lowest BCUT2D eigenvalue weighted by Crippen LogP contribution is -2.49.